The summed E-state index contributed by atoms with van der Waals surface area (Å²) in [7, 11) is 0. The molecule has 0 aliphatic heterocycles. The van der Waals surface area contributed by atoms with Crippen molar-refractivity contribution in [3.05, 3.63) is 35.4 Å². The molecule has 1 saturated carbocycles. The molecule has 1 aliphatic rings. The van der Waals surface area contributed by atoms with E-state index >= 15 is 0 Å². The standard InChI is InChI=1S/C15H21NO/c1-11(2)10-16(14-8-9-14)15(17)13-6-4-12(3)5-7-13/h4-7,11,14H,8-10H2,1-3H3. The molecule has 2 heteroatoms. The topological polar surface area (TPSA) is 20.3 Å². The number of nitrogens with zero attached hydrogens (tertiary/aromatic N) is 1. The quantitative estimate of drug-likeness (QED) is 0.779. The van der Waals surface area contributed by atoms with Crippen LogP contribution in [0.15, 0.2) is 24.3 Å². The average molecular weight is 231 g/mol. The summed E-state index contributed by atoms with van der Waals surface area (Å²) in [6.45, 7) is 7.24. The Bertz CT molecular complexity index is 390. The number of carbonyl (C=O) groups excluding carboxylic acids is 1. The van der Waals surface area contributed by atoms with Crippen LogP contribution < -0.4 is 0 Å². The van der Waals surface area contributed by atoms with Crippen LogP contribution in [0, 0.1) is 12.8 Å². The molecular weight excluding hydrogens is 210 g/mol. The van der Waals surface area contributed by atoms with E-state index in [0.29, 0.717) is 12.0 Å². The highest BCUT2D eigenvalue weighted by atomic mass is 16.2. The number of aryl methyl sites for hydroxylation is 1. The Hall–Kier alpha value is -1.31. The molecule has 92 valence electrons. The zero-order valence-corrected chi connectivity index (χ0v) is 10.9. The van der Waals surface area contributed by atoms with Gasteiger partial charge in [-0.15, -0.1) is 0 Å². The van der Waals surface area contributed by atoms with E-state index in [4.69, 9.17) is 0 Å². The molecule has 1 aromatic rings. The molecule has 2 nitrogen and oxygen atoms in total. The number of amides is 1. The van der Waals surface area contributed by atoms with E-state index in [9.17, 15) is 4.79 Å². The van der Waals surface area contributed by atoms with E-state index in [1.165, 1.54) is 18.4 Å². The third kappa shape index (κ3) is 3.09. The van der Waals surface area contributed by atoms with Gasteiger partial charge in [-0.05, 0) is 37.8 Å². The lowest BCUT2D eigenvalue weighted by Crippen LogP contribution is -2.36. The maximum Gasteiger partial charge on any atom is 0.254 e. The van der Waals surface area contributed by atoms with Gasteiger partial charge in [0.1, 0.15) is 0 Å². The summed E-state index contributed by atoms with van der Waals surface area (Å²) >= 11 is 0. The van der Waals surface area contributed by atoms with Crippen molar-refractivity contribution in [2.45, 2.75) is 39.7 Å². The lowest BCUT2D eigenvalue weighted by molar-refractivity contribution is 0.0722. The smallest absolute Gasteiger partial charge is 0.254 e. The number of hydrogen-bond donors (Lipinski definition) is 0. The van der Waals surface area contributed by atoms with Crippen LogP contribution in [0.5, 0.6) is 0 Å². The fourth-order valence-electron chi connectivity index (χ4n) is 2.04. The van der Waals surface area contributed by atoms with Gasteiger partial charge in [-0.2, -0.15) is 0 Å². The third-order valence-electron chi connectivity index (χ3n) is 3.11. The molecule has 0 N–H and O–H groups in total. The van der Waals surface area contributed by atoms with Crippen LogP contribution >= 0.6 is 0 Å². The molecule has 2 rings (SSSR count). The summed E-state index contributed by atoms with van der Waals surface area (Å²) in [5.41, 5.74) is 2.02. The Morgan fingerprint density at radius 2 is 1.88 bits per heavy atom. The first kappa shape index (κ1) is 12.2. The summed E-state index contributed by atoms with van der Waals surface area (Å²) in [6, 6.07) is 8.38. The average Bonchev–Trinajstić information content (AvgIpc) is 3.09. The highest BCUT2D eigenvalue weighted by Gasteiger charge is 2.33. The Kier molecular flexibility index (Phi) is 3.51. The fourth-order valence-corrected chi connectivity index (χ4v) is 2.04. The second-order valence-corrected chi connectivity index (χ2v) is 5.45. The molecule has 0 spiro atoms. The van der Waals surface area contributed by atoms with Crippen molar-refractivity contribution in [1.29, 1.82) is 0 Å². The van der Waals surface area contributed by atoms with E-state index < -0.39 is 0 Å². The van der Waals surface area contributed by atoms with E-state index in [0.717, 1.165) is 12.1 Å². The highest BCUT2D eigenvalue weighted by molar-refractivity contribution is 5.94. The molecule has 0 saturated heterocycles. The van der Waals surface area contributed by atoms with Crippen molar-refractivity contribution in [2.75, 3.05) is 6.54 Å². The largest absolute Gasteiger partial charge is 0.335 e. The molecule has 1 amide bonds. The molecule has 0 unspecified atom stereocenters. The summed E-state index contributed by atoms with van der Waals surface area (Å²) in [5, 5.41) is 0. The minimum absolute atomic E-state index is 0.196. The van der Waals surface area contributed by atoms with Gasteiger partial charge < -0.3 is 4.90 Å². The molecule has 1 fully saturated rings. The molecule has 0 atom stereocenters. The number of benzene rings is 1. The second kappa shape index (κ2) is 4.91. The summed E-state index contributed by atoms with van der Waals surface area (Å²) in [4.78, 5) is 14.4. The van der Waals surface area contributed by atoms with Crippen molar-refractivity contribution in [3.63, 3.8) is 0 Å². The third-order valence-corrected chi connectivity index (χ3v) is 3.11. The fraction of sp³-hybridized carbons (Fsp3) is 0.533. The predicted octanol–water partition coefficient (Wildman–Crippen LogP) is 3.26. The molecule has 1 aliphatic carbocycles. The normalized spacial score (nSPS) is 15.1. The van der Waals surface area contributed by atoms with Gasteiger partial charge in [0.15, 0.2) is 0 Å². The lowest BCUT2D eigenvalue weighted by atomic mass is 10.1. The second-order valence-electron chi connectivity index (χ2n) is 5.45. The van der Waals surface area contributed by atoms with Gasteiger partial charge in [-0.25, -0.2) is 0 Å². The van der Waals surface area contributed by atoms with Crippen molar-refractivity contribution < 1.29 is 4.79 Å². The Morgan fingerprint density at radius 1 is 1.29 bits per heavy atom. The Balaban J connectivity index is 2.12. The molecule has 0 radical (unpaired) electrons. The summed E-state index contributed by atoms with van der Waals surface area (Å²) in [6.07, 6.45) is 2.34. The zero-order valence-electron chi connectivity index (χ0n) is 10.9. The SMILES string of the molecule is Cc1ccc(C(=O)N(CC(C)C)C2CC2)cc1. The van der Waals surface area contributed by atoms with Crippen LogP contribution in [0.4, 0.5) is 0 Å². The predicted molar refractivity (Wildman–Crippen MR) is 70.1 cm³/mol. The van der Waals surface area contributed by atoms with Crippen molar-refractivity contribution in [3.8, 4) is 0 Å². The number of hydrogen-bond acceptors (Lipinski definition) is 1. The minimum atomic E-state index is 0.196. The first-order valence-corrected chi connectivity index (χ1v) is 6.45. The molecule has 1 aromatic carbocycles. The highest BCUT2D eigenvalue weighted by Crippen LogP contribution is 2.29. The maximum atomic E-state index is 12.4. The van der Waals surface area contributed by atoms with Crippen LogP contribution in [0.1, 0.15) is 42.6 Å². The molecular formula is C15H21NO. The van der Waals surface area contributed by atoms with E-state index in [-0.39, 0.29) is 5.91 Å². The van der Waals surface area contributed by atoms with Crippen molar-refractivity contribution in [1.82, 2.24) is 4.90 Å². The van der Waals surface area contributed by atoms with E-state index in [2.05, 4.69) is 18.7 Å². The monoisotopic (exact) mass is 231 g/mol. The minimum Gasteiger partial charge on any atom is -0.335 e. The zero-order chi connectivity index (χ0) is 12.4. The van der Waals surface area contributed by atoms with Gasteiger partial charge in [-0.3, -0.25) is 4.79 Å². The number of carbonyl (C=O) groups is 1. The van der Waals surface area contributed by atoms with Gasteiger partial charge in [0.05, 0.1) is 0 Å². The summed E-state index contributed by atoms with van der Waals surface area (Å²) < 4.78 is 0. The maximum absolute atomic E-state index is 12.4. The van der Waals surface area contributed by atoms with Crippen molar-refractivity contribution in [2.24, 2.45) is 5.92 Å². The van der Waals surface area contributed by atoms with E-state index in [1.54, 1.807) is 0 Å². The molecule has 0 aromatic heterocycles. The van der Waals surface area contributed by atoms with Crippen LogP contribution in [0.25, 0.3) is 0 Å². The van der Waals surface area contributed by atoms with Crippen LogP contribution in [-0.4, -0.2) is 23.4 Å². The van der Waals surface area contributed by atoms with Gasteiger partial charge >= 0.3 is 0 Å². The van der Waals surface area contributed by atoms with Gasteiger partial charge in [0, 0.05) is 18.2 Å². The van der Waals surface area contributed by atoms with Crippen LogP contribution in [0.2, 0.25) is 0 Å². The van der Waals surface area contributed by atoms with Crippen molar-refractivity contribution >= 4 is 5.91 Å². The van der Waals surface area contributed by atoms with Gasteiger partial charge in [0.2, 0.25) is 0 Å². The van der Waals surface area contributed by atoms with Gasteiger partial charge in [-0.1, -0.05) is 31.5 Å². The first-order valence-electron chi connectivity index (χ1n) is 6.45. The van der Waals surface area contributed by atoms with Crippen LogP contribution in [-0.2, 0) is 0 Å². The molecule has 0 heterocycles. The summed E-state index contributed by atoms with van der Waals surface area (Å²) in [5.74, 6) is 0.728. The first-order chi connectivity index (χ1) is 8.08. The van der Waals surface area contributed by atoms with E-state index in [1.807, 2.05) is 31.2 Å². The Morgan fingerprint density at radius 3 is 2.35 bits per heavy atom. The van der Waals surface area contributed by atoms with Gasteiger partial charge in [0.25, 0.3) is 5.91 Å². The van der Waals surface area contributed by atoms with Crippen LogP contribution in [0.3, 0.4) is 0 Å². The molecule has 0 bridgehead atoms. The molecule has 17 heavy (non-hydrogen) atoms. The Labute approximate surface area is 104 Å². The lowest BCUT2D eigenvalue weighted by Gasteiger charge is -2.24. The number of rotatable bonds is 4.